The van der Waals surface area contributed by atoms with Crippen LogP contribution in [0.1, 0.15) is 29.2 Å². The average molecular weight is 547 g/mol. The van der Waals surface area contributed by atoms with E-state index in [4.69, 9.17) is 4.42 Å². The van der Waals surface area contributed by atoms with Crippen LogP contribution >= 0.6 is 0 Å². The molecular formula is C38H30N2O2. The molecule has 5 aromatic carbocycles. The maximum Gasteiger partial charge on any atom is 0.159 e. The molecule has 0 saturated heterocycles. The maximum atomic E-state index is 10.5. The molecule has 1 N–H and O–H groups in total. The number of fused-ring (bicyclic) bond motifs is 6. The van der Waals surface area contributed by atoms with Gasteiger partial charge >= 0.3 is 0 Å². The van der Waals surface area contributed by atoms with E-state index in [1.807, 2.05) is 41.3 Å². The molecule has 1 unspecified atom stereocenters. The van der Waals surface area contributed by atoms with Gasteiger partial charge < -0.3 is 14.4 Å². The Bertz CT molecular complexity index is 2060. The predicted octanol–water partition coefficient (Wildman–Crippen LogP) is 8.96. The lowest BCUT2D eigenvalue weighted by Gasteiger charge is -2.31. The van der Waals surface area contributed by atoms with Crippen molar-refractivity contribution in [2.24, 2.45) is 0 Å². The fourth-order valence-corrected chi connectivity index (χ4v) is 6.75. The van der Waals surface area contributed by atoms with E-state index in [2.05, 4.69) is 92.7 Å². The Morgan fingerprint density at radius 2 is 1.62 bits per heavy atom. The van der Waals surface area contributed by atoms with Crippen molar-refractivity contribution < 1.29 is 9.52 Å². The number of aryl methyl sites for hydroxylation is 1. The van der Waals surface area contributed by atoms with Crippen molar-refractivity contribution in [3.05, 3.63) is 143 Å². The number of hydrogen-bond donors (Lipinski definition) is 1. The maximum absolute atomic E-state index is 10.5. The molecule has 0 spiro atoms. The number of nitriles is 1. The van der Waals surface area contributed by atoms with Gasteiger partial charge in [0.1, 0.15) is 5.58 Å². The van der Waals surface area contributed by atoms with Gasteiger partial charge in [-0.05, 0) is 65.4 Å². The van der Waals surface area contributed by atoms with Crippen LogP contribution in [0.5, 0.6) is 0 Å². The van der Waals surface area contributed by atoms with Crippen molar-refractivity contribution >= 4 is 33.3 Å². The number of rotatable bonds is 6. The number of anilines is 2. The van der Waals surface area contributed by atoms with Gasteiger partial charge in [0.05, 0.1) is 24.1 Å². The van der Waals surface area contributed by atoms with E-state index in [0.717, 1.165) is 34.2 Å². The average Bonchev–Trinajstić information content (AvgIpc) is 3.51. The Morgan fingerprint density at radius 1 is 0.857 bits per heavy atom. The third-order valence-corrected chi connectivity index (χ3v) is 8.61. The molecule has 4 nitrogen and oxygen atoms in total. The zero-order valence-corrected chi connectivity index (χ0v) is 23.6. The molecule has 0 bridgehead atoms. The monoisotopic (exact) mass is 546 g/mol. The van der Waals surface area contributed by atoms with Gasteiger partial charge in [0.15, 0.2) is 5.58 Å². The van der Waals surface area contributed by atoms with Gasteiger partial charge in [-0.1, -0.05) is 97.4 Å². The largest absolute Gasteiger partial charge is 0.454 e. The van der Waals surface area contributed by atoms with Crippen LogP contribution in [0, 0.1) is 18.3 Å². The summed E-state index contributed by atoms with van der Waals surface area (Å²) in [5.74, 6) is 0. The van der Waals surface area contributed by atoms with Crippen LogP contribution in [0.25, 0.3) is 33.1 Å². The molecule has 0 amide bonds. The SMILES string of the molecule is Cc1cccc(CC2(C)c3ccccc3-c3ccc(N(C(=CC#N)CO)c4cccc5c4oc4ccccc45)cc32)c1. The summed E-state index contributed by atoms with van der Waals surface area (Å²) in [5, 5.41) is 22.2. The van der Waals surface area contributed by atoms with E-state index in [9.17, 15) is 10.4 Å². The molecule has 1 heterocycles. The Balaban J connectivity index is 1.45. The number of para-hydroxylation sites is 2. The quantitative estimate of drug-likeness (QED) is 0.212. The smallest absolute Gasteiger partial charge is 0.159 e. The first-order valence-electron chi connectivity index (χ1n) is 14.2. The molecule has 0 fully saturated rings. The number of aliphatic hydroxyl groups excluding tert-OH is 1. The van der Waals surface area contributed by atoms with Crippen LogP contribution in [0.3, 0.4) is 0 Å². The van der Waals surface area contributed by atoms with E-state index in [-0.39, 0.29) is 12.0 Å². The van der Waals surface area contributed by atoms with Crippen molar-refractivity contribution in [1.82, 2.24) is 0 Å². The highest BCUT2D eigenvalue weighted by molar-refractivity contribution is 6.09. The molecule has 42 heavy (non-hydrogen) atoms. The summed E-state index contributed by atoms with van der Waals surface area (Å²) in [5.41, 5.74) is 10.9. The molecule has 0 saturated carbocycles. The molecule has 1 aromatic heterocycles. The van der Waals surface area contributed by atoms with Crippen LogP contribution in [0.4, 0.5) is 11.4 Å². The van der Waals surface area contributed by atoms with Gasteiger partial charge in [-0.2, -0.15) is 5.26 Å². The highest BCUT2D eigenvalue weighted by atomic mass is 16.3. The zero-order valence-electron chi connectivity index (χ0n) is 23.6. The van der Waals surface area contributed by atoms with Gasteiger partial charge in [-0.3, -0.25) is 0 Å². The minimum atomic E-state index is -0.304. The normalized spacial score (nSPS) is 15.9. The molecule has 204 valence electrons. The molecule has 1 aliphatic rings. The Morgan fingerprint density at radius 3 is 2.45 bits per heavy atom. The lowest BCUT2D eigenvalue weighted by molar-refractivity contribution is 0.329. The van der Waals surface area contributed by atoms with Gasteiger partial charge in [0.2, 0.25) is 0 Å². The molecule has 7 rings (SSSR count). The minimum Gasteiger partial charge on any atom is -0.454 e. The number of benzene rings is 5. The summed E-state index contributed by atoms with van der Waals surface area (Å²) in [6.45, 7) is 4.16. The summed E-state index contributed by atoms with van der Waals surface area (Å²) in [4.78, 5) is 1.96. The predicted molar refractivity (Wildman–Crippen MR) is 170 cm³/mol. The molecule has 4 heteroatoms. The zero-order chi connectivity index (χ0) is 28.8. The van der Waals surface area contributed by atoms with E-state index >= 15 is 0 Å². The number of nitrogens with zero attached hydrogens (tertiary/aromatic N) is 2. The number of hydrogen-bond acceptors (Lipinski definition) is 4. The second-order valence-corrected chi connectivity index (χ2v) is 11.3. The van der Waals surface area contributed by atoms with Gasteiger partial charge in [-0.25, -0.2) is 0 Å². The van der Waals surface area contributed by atoms with Crippen LogP contribution < -0.4 is 4.90 Å². The standard InChI is InChI=1S/C38H30N2O2/c1-25-9-7-10-26(21-25)23-38(2)33-14-5-3-11-29(33)30-18-17-27(22-34(30)38)40(28(24-41)19-20-39)35-15-8-13-32-31-12-4-6-16-36(31)42-37(32)35/h3-19,21-22,41H,23-24H2,1-2H3. The highest BCUT2D eigenvalue weighted by Crippen LogP contribution is 2.52. The van der Waals surface area contributed by atoms with E-state index in [1.54, 1.807) is 0 Å². The molecule has 6 aromatic rings. The summed E-state index contributed by atoms with van der Waals surface area (Å²) in [6.07, 6.45) is 2.26. The van der Waals surface area contributed by atoms with Gasteiger partial charge in [0, 0.05) is 28.0 Å². The number of furan rings is 1. The second-order valence-electron chi connectivity index (χ2n) is 11.3. The van der Waals surface area contributed by atoms with Gasteiger partial charge in [0.25, 0.3) is 0 Å². The van der Waals surface area contributed by atoms with Crippen LogP contribution in [-0.4, -0.2) is 11.7 Å². The molecule has 0 aliphatic heterocycles. The third kappa shape index (κ3) is 4.02. The minimum absolute atomic E-state index is 0.273. The van der Waals surface area contributed by atoms with E-state index < -0.39 is 0 Å². The molecule has 1 aliphatic carbocycles. The highest BCUT2D eigenvalue weighted by Gasteiger charge is 2.40. The lowest BCUT2D eigenvalue weighted by atomic mass is 9.75. The van der Waals surface area contributed by atoms with Gasteiger partial charge in [-0.15, -0.1) is 0 Å². The lowest BCUT2D eigenvalue weighted by Crippen LogP contribution is -2.25. The molecular weight excluding hydrogens is 516 g/mol. The van der Waals surface area contributed by atoms with Crippen LogP contribution in [0.15, 0.2) is 125 Å². The van der Waals surface area contributed by atoms with Crippen molar-refractivity contribution in [1.29, 1.82) is 5.26 Å². The van der Waals surface area contributed by atoms with Crippen molar-refractivity contribution in [3.63, 3.8) is 0 Å². The second kappa shape index (κ2) is 10.1. The van der Waals surface area contributed by atoms with Crippen molar-refractivity contribution in [2.45, 2.75) is 25.7 Å². The first-order chi connectivity index (χ1) is 20.5. The van der Waals surface area contributed by atoms with E-state index in [1.165, 1.54) is 39.5 Å². The number of aliphatic hydroxyl groups is 1. The van der Waals surface area contributed by atoms with Crippen molar-refractivity contribution in [2.75, 3.05) is 11.5 Å². The topological polar surface area (TPSA) is 60.4 Å². The summed E-state index contributed by atoms with van der Waals surface area (Å²) in [7, 11) is 0. The summed E-state index contributed by atoms with van der Waals surface area (Å²) in [6, 6.07) is 40.0. The first-order valence-corrected chi connectivity index (χ1v) is 14.2. The Labute approximate surface area is 245 Å². The summed E-state index contributed by atoms with van der Waals surface area (Å²) < 4.78 is 6.40. The Hall–Kier alpha value is -5.11. The van der Waals surface area contributed by atoms with Crippen molar-refractivity contribution in [3.8, 4) is 17.2 Å². The van der Waals surface area contributed by atoms with Crippen LogP contribution in [0.2, 0.25) is 0 Å². The fraction of sp³-hybridized carbons (Fsp3) is 0.132. The summed E-state index contributed by atoms with van der Waals surface area (Å²) >= 11 is 0. The number of allylic oxidation sites excluding steroid dienone is 1. The van der Waals surface area contributed by atoms with Crippen LogP contribution in [-0.2, 0) is 11.8 Å². The Kier molecular flexibility index (Phi) is 6.19. The first kappa shape index (κ1) is 25.8. The fourth-order valence-electron chi connectivity index (χ4n) is 6.75. The molecule has 1 atom stereocenters. The third-order valence-electron chi connectivity index (χ3n) is 8.61. The molecule has 0 radical (unpaired) electrons. The van der Waals surface area contributed by atoms with E-state index in [0.29, 0.717) is 11.3 Å².